The fraction of sp³-hybridized carbons (Fsp3) is 0.381. The second-order valence-electron chi connectivity index (χ2n) is 7.05. The van der Waals surface area contributed by atoms with Crippen LogP contribution < -0.4 is 15.1 Å². The first-order valence-electron chi connectivity index (χ1n) is 9.29. The molecule has 0 saturated carbocycles. The number of hydrogen-bond donors (Lipinski definition) is 1. The third-order valence-corrected chi connectivity index (χ3v) is 5.82. The Bertz CT molecular complexity index is 889. The van der Waals surface area contributed by atoms with Crippen LogP contribution in [0.2, 0.25) is 0 Å². The number of piperazine rings is 1. The first-order chi connectivity index (χ1) is 13.8. The highest BCUT2D eigenvalue weighted by molar-refractivity contribution is 8.13. The number of methoxy groups -OCH3 is 1. The summed E-state index contributed by atoms with van der Waals surface area (Å²) in [6, 6.07) is 6.88. The monoisotopic (exact) mass is 421 g/mol. The van der Waals surface area contributed by atoms with Gasteiger partial charge in [0.25, 0.3) is 0 Å². The summed E-state index contributed by atoms with van der Waals surface area (Å²) in [6.07, 6.45) is 1.73. The van der Waals surface area contributed by atoms with Crippen LogP contribution in [0.1, 0.15) is 11.1 Å². The molecular weight excluding hydrogens is 396 g/mol. The number of thioether (sulfide) groups is 1. The Labute approximate surface area is 174 Å². The summed E-state index contributed by atoms with van der Waals surface area (Å²) < 4.78 is 32.8. The van der Waals surface area contributed by atoms with Crippen LogP contribution in [0.4, 0.5) is 20.2 Å². The molecule has 1 N–H and O–H groups in total. The van der Waals surface area contributed by atoms with Crippen LogP contribution in [0, 0.1) is 25.5 Å². The van der Waals surface area contributed by atoms with E-state index in [1.54, 1.807) is 13.4 Å². The van der Waals surface area contributed by atoms with Crippen molar-refractivity contribution < 1.29 is 18.3 Å². The zero-order chi connectivity index (χ0) is 21.1. The topological polar surface area (TPSA) is 44.8 Å². The van der Waals surface area contributed by atoms with Gasteiger partial charge in [-0.05, 0) is 55.5 Å². The Hall–Kier alpha value is -2.32. The van der Waals surface area contributed by atoms with Crippen molar-refractivity contribution in [2.24, 2.45) is 0 Å². The number of carbonyl (C=O) groups excluding carboxylic acids is 1. The Morgan fingerprint density at radius 3 is 2.38 bits per heavy atom. The van der Waals surface area contributed by atoms with E-state index in [9.17, 15) is 13.6 Å². The Kier molecular flexibility index (Phi) is 6.64. The molecule has 1 atom stereocenters. The molecule has 8 heteroatoms. The van der Waals surface area contributed by atoms with Gasteiger partial charge in [0.2, 0.25) is 5.12 Å². The molecule has 3 rings (SSSR count). The van der Waals surface area contributed by atoms with Crippen molar-refractivity contribution in [2.45, 2.75) is 19.9 Å². The Morgan fingerprint density at radius 1 is 1.10 bits per heavy atom. The molecule has 1 fully saturated rings. The minimum Gasteiger partial charge on any atom is -0.495 e. The Morgan fingerprint density at radius 2 is 1.76 bits per heavy atom. The highest BCUT2D eigenvalue weighted by Crippen LogP contribution is 2.30. The van der Waals surface area contributed by atoms with Gasteiger partial charge < -0.3 is 15.1 Å². The molecule has 0 radical (unpaired) electrons. The zero-order valence-corrected chi connectivity index (χ0v) is 17.8. The molecule has 5 nitrogen and oxygen atoms in total. The summed E-state index contributed by atoms with van der Waals surface area (Å²) in [5.74, 6) is -0.570. The van der Waals surface area contributed by atoms with Crippen LogP contribution >= 0.6 is 11.8 Å². The van der Waals surface area contributed by atoms with Crippen LogP contribution in [0.3, 0.4) is 0 Å². The molecule has 1 saturated heterocycles. The van der Waals surface area contributed by atoms with Crippen LogP contribution in [0.25, 0.3) is 0 Å². The summed E-state index contributed by atoms with van der Waals surface area (Å²) in [5.41, 5.74) is 6.76. The second-order valence-corrected chi connectivity index (χ2v) is 7.87. The van der Waals surface area contributed by atoms with Gasteiger partial charge >= 0.3 is 0 Å². The second kappa shape index (κ2) is 9.00. The van der Waals surface area contributed by atoms with E-state index in [0.29, 0.717) is 31.1 Å². The van der Waals surface area contributed by atoms with Crippen molar-refractivity contribution >= 4 is 28.3 Å². The molecule has 1 heterocycles. The molecule has 29 heavy (non-hydrogen) atoms. The molecule has 0 aliphatic carbocycles. The number of carbonyl (C=O) groups is 1. The lowest BCUT2D eigenvalue weighted by atomic mass is 10.1. The number of nitrogens with one attached hydrogen (secondary N) is 1. The molecule has 0 bridgehead atoms. The van der Waals surface area contributed by atoms with Gasteiger partial charge in [0.15, 0.2) is 0 Å². The molecule has 2 aromatic rings. The summed E-state index contributed by atoms with van der Waals surface area (Å²) in [5, 5.41) is 1.85. The lowest BCUT2D eigenvalue weighted by Gasteiger charge is -2.41. The van der Waals surface area contributed by atoms with Crippen molar-refractivity contribution in [3.8, 4) is 5.75 Å². The van der Waals surface area contributed by atoms with E-state index in [1.165, 1.54) is 12.1 Å². The van der Waals surface area contributed by atoms with E-state index in [-0.39, 0.29) is 5.12 Å². The molecule has 0 spiro atoms. The number of rotatable bonds is 5. The number of aryl methyl sites for hydroxylation is 2. The largest absolute Gasteiger partial charge is 0.495 e. The lowest BCUT2D eigenvalue weighted by molar-refractivity contribution is -0.115. The quantitative estimate of drug-likeness (QED) is 0.788. The molecule has 1 unspecified atom stereocenters. The summed E-state index contributed by atoms with van der Waals surface area (Å²) in [4.78, 5) is 14.5. The third-order valence-electron chi connectivity index (χ3n) is 5.15. The first-order valence-corrected chi connectivity index (χ1v) is 10.5. The molecule has 156 valence electrons. The van der Waals surface area contributed by atoms with Gasteiger partial charge in [-0.15, -0.1) is 0 Å². The van der Waals surface area contributed by atoms with E-state index in [2.05, 4.69) is 5.43 Å². The standard InChI is InChI=1S/C21H25F2N3O2S/c1-13-7-18(20(28-3)8-14(13)2)24-26-6-5-25(12-19(26)21(27)29-4)17-10-15(22)9-16(23)11-17/h7-11,19,24H,5-6,12H2,1-4H3. The van der Waals surface area contributed by atoms with E-state index in [4.69, 9.17) is 4.74 Å². The number of benzene rings is 2. The number of anilines is 2. The maximum atomic E-state index is 13.6. The highest BCUT2D eigenvalue weighted by atomic mass is 32.2. The van der Waals surface area contributed by atoms with Crippen molar-refractivity contribution in [1.29, 1.82) is 0 Å². The van der Waals surface area contributed by atoms with Crippen molar-refractivity contribution in [2.75, 3.05) is 43.3 Å². The molecule has 0 aromatic heterocycles. The van der Waals surface area contributed by atoms with Crippen LogP contribution in [-0.4, -0.2) is 49.2 Å². The van der Waals surface area contributed by atoms with Crippen LogP contribution in [-0.2, 0) is 4.79 Å². The predicted octanol–water partition coefficient (Wildman–Crippen LogP) is 4.00. The lowest BCUT2D eigenvalue weighted by Crippen LogP contribution is -2.58. The van der Waals surface area contributed by atoms with Gasteiger partial charge in [0, 0.05) is 31.4 Å². The van der Waals surface area contributed by atoms with Gasteiger partial charge in [-0.1, -0.05) is 11.8 Å². The van der Waals surface area contributed by atoms with Gasteiger partial charge in [-0.2, -0.15) is 0 Å². The van der Waals surface area contributed by atoms with E-state index < -0.39 is 17.7 Å². The normalized spacial score (nSPS) is 17.3. The third kappa shape index (κ3) is 4.82. The fourth-order valence-corrected chi connectivity index (χ4v) is 3.89. The zero-order valence-electron chi connectivity index (χ0n) is 17.0. The maximum absolute atomic E-state index is 13.6. The average molecular weight is 422 g/mol. The number of nitrogens with zero attached hydrogens (tertiary/aromatic N) is 2. The summed E-state index contributed by atoms with van der Waals surface area (Å²) in [6.45, 7) is 5.36. The summed E-state index contributed by atoms with van der Waals surface area (Å²) >= 11 is 1.14. The van der Waals surface area contributed by atoms with Gasteiger partial charge in [0.05, 0.1) is 12.8 Å². The minimum absolute atomic E-state index is 0.0260. The predicted molar refractivity (Wildman–Crippen MR) is 114 cm³/mol. The Balaban J connectivity index is 1.85. The van der Waals surface area contributed by atoms with Gasteiger partial charge in [-0.3, -0.25) is 4.79 Å². The number of hydrogen-bond acceptors (Lipinski definition) is 6. The number of hydrazine groups is 1. The van der Waals surface area contributed by atoms with E-state index >= 15 is 0 Å². The molecule has 1 aliphatic heterocycles. The highest BCUT2D eigenvalue weighted by Gasteiger charge is 2.33. The molecular formula is C21H25F2N3O2S. The van der Waals surface area contributed by atoms with Crippen molar-refractivity contribution in [1.82, 2.24) is 5.01 Å². The maximum Gasteiger partial charge on any atom is 0.209 e. The number of halogens is 2. The molecule has 0 amide bonds. The SMILES string of the molecule is COc1cc(C)c(C)cc1NN1CCN(c2cc(F)cc(F)c2)CC1C(=O)SC. The average Bonchev–Trinajstić information content (AvgIpc) is 2.69. The van der Waals surface area contributed by atoms with Gasteiger partial charge in [-0.25, -0.2) is 13.8 Å². The fourth-order valence-electron chi connectivity index (χ4n) is 3.41. The minimum atomic E-state index is -0.631. The van der Waals surface area contributed by atoms with E-state index in [0.717, 1.165) is 34.6 Å². The van der Waals surface area contributed by atoms with Crippen molar-refractivity contribution in [3.05, 3.63) is 53.1 Å². The first kappa shape index (κ1) is 21.4. The number of ether oxygens (including phenoxy) is 1. The molecule has 2 aromatic carbocycles. The van der Waals surface area contributed by atoms with Gasteiger partial charge in [0.1, 0.15) is 23.4 Å². The summed E-state index contributed by atoms with van der Waals surface area (Å²) in [7, 11) is 1.61. The van der Waals surface area contributed by atoms with E-state index in [1.807, 2.05) is 35.9 Å². The smallest absolute Gasteiger partial charge is 0.209 e. The molecule has 1 aliphatic rings. The van der Waals surface area contributed by atoms with Crippen molar-refractivity contribution in [3.63, 3.8) is 0 Å². The van der Waals surface area contributed by atoms with Crippen LogP contribution in [0.15, 0.2) is 30.3 Å². The van der Waals surface area contributed by atoms with Crippen LogP contribution in [0.5, 0.6) is 5.75 Å².